The molecule has 1 heterocycles. The molecule has 11 heteroatoms. The molecule has 7 nitrogen and oxygen atoms in total. The van der Waals surface area contributed by atoms with Crippen LogP contribution in [-0.4, -0.2) is 31.1 Å². The minimum Gasteiger partial charge on any atom is -0.493 e. The summed E-state index contributed by atoms with van der Waals surface area (Å²) in [6.07, 6.45) is 2.98. The van der Waals surface area contributed by atoms with Gasteiger partial charge in [0.15, 0.2) is 11.5 Å². The Morgan fingerprint density at radius 2 is 2.14 bits per heavy atom. The maximum Gasteiger partial charge on any atom is 0.387 e. The molecule has 1 amide bonds. The van der Waals surface area contributed by atoms with Crippen molar-refractivity contribution in [2.45, 2.75) is 13.0 Å². The molecule has 0 atom stereocenters. The van der Waals surface area contributed by atoms with Gasteiger partial charge in [0.2, 0.25) is 5.91 Å². The van der Waals surface area contributed by atoms with Gasteiger partial charge in [-0.15, -0.1) is 11.3 Å². The van der Waals surface area contributed by atoms with E-state index in [4.69, 9.17) is 4.74 Å². The number of alkyl halides is 2. The van der Waals surface area contributed by atoms with Gasteiger partial charge in [0.1, 0.15) is 0 Å². The molecule has 0 aliphatic heterocycles. The number of nitro benzene ring substituents is 1. The zero-order chi connectivity index (χ0) is 20.7. The summed E-state index contributed by atoms with van der Waals surface area (Å²) in [6, 6.07) is 5.84. The smallest absolute Gasteiger partial charge is 0.387 e. The summed E-state index contributed by atoms with van der Waals surface area (Å²) < 4.78 is 35.1. The Morgan fingerprint density at radius 1 is 1.39 bits per heavy atom. The van der Waals surface area contributed by atoms with Gasteiger partial charge in [0.05, 0.1) is 27.4 Å². The first-order chi connectivity index (χ1) is 13.3. The number of nitrogens with one attached hydrogen (secondary N) is 1. The Balaban J connectivity index is 2.09. The van der Waals surface area contributed by atoms with Crippen LogP contribution in [0.2, 0.25) is 0 Å². The first-order valence-corrected chi connectivity index (χ1v) is 9.42. The highest BCUT2D eigenvalue weighted by Crippen LogP contribution is 2.36. The number of amides is 1. The zero-order valence-electron chi connectivity index (χ0n) is 14.5. The molecule has 28 heavy (non-hydrogen) atoms. The van der Waals surface area contributed by atoms with E-state index < -0.39 is 28.9 Å². The summed E-state index contributed by atoms with van der Waals surface area (Å²) in [5.41, 5.74) is -0.482. The number of carbonyl (C=O) groups excluding carboxylic acids is 1. The van der Waals surface area contributed by atoms with Crippen LogP contribution in [-0.2, 0) is 11.2 Å². The number of carbonyl (C=O) groups is 1. The summed E-state index contributed by atoms with van der Waals surface area (Å²) in [5.74, 6) is -1.03. The maximum atomic E-state index is 12.5. The van der Waals surface area contributed by atoms with Crippen molar-refractivity contribution in [3.05, 3.63) is 54.7 Å². The SMILES string of the molecule is COc1cc(/C=C/C(=O)NCCc2ccc(Br)s2)c([N+](=O)[O-])cc1OC(F)F. The summed E-state index contributed by atoms with van der Waals surface area (Å²) in [4.78, 5) is 23.5. The number of nitro groups is 1. The van der Waals surface area contributed by atoms with E-state index in [1.54, 1.807) is 11.3 Å². The highest BCUT2D eigenvalue weighted by molar-refractivity contribution is 9.11. The third-order valence-electron chi connectivity index (χ3n) is 3.44. The average molecular weight is 477 g/mol. The zero-order valence-corrected chi connectivity index (χ0v) is 16.9. The van der Waals surface area contributed by atoms with E-state index in [-0.39, 0.29) is 11.3 Å². The lowest BCUT2D eigenvalue weighted by atomic mass is 10.1. The number of methoxy groups -OCH3 is 1. The second kappa shape index (κ2) is 10.1. The van der Waals surface area contributed by atoms with Gasteiger partial charge in [-0.2, -0.15) is 8.78 Å². The molecule has 0 spiro atoms. The van der Waals surface area contributed by atoms with Gasteiger partial charge in [-0.1, -0.05) is 0 Å². The lowest BCUT2D eigenvalue weighted by Gasteiger charge is -2.10. The summed E-state index contributed by atoms with van der Waals surface area (Å²) in [6.45, 7) is -2.77. The second-order valence-electron chi connectivity index (χ2n) is 5.28. The fourth-order valence-corrected chi connectivity index (χ4v) is 3.71. The van der Waals surface area contributed by atoms with Crippen molar-refractivity contribution in [1.82, 2.24) is 5.32 Å². The minimum atomic E-state index is -3.16. The molecule has 0 saturated carbocycles. The molecule has 2 rings (SSSR count). The molecule has 0 fully saturated rings. The number of rotatable bonds is 9. The Morgan fingerprint density at radius 3 is 2.71 bits per heavy atom. The first kappa shape index (κ1) is 21.8. The van der Waals surface area contributed by atoms with Crippen LogP contribution in [0.4, 0.5) is 14.5 Å². The van der Waals surface area contributed by atoms with Gasteiger partial charge >= 0.3 is 6.61 Å². The predicted molar refractivity (Wildman–Crippen MR) is 104 cm³/mol. The van der Waals surface area contributed by atoms with Gasteiger partial charge in [-0.05, 0) is 46.6 Å². The van der Waals surface area contributed by atoms with Gasteiger partial charge in [0.25, 0.3) is 5.69 Å². The minimum absolute atomic E-state index is 0.0146. The molecular weight excluding hydrogens is 462 g/mol. The first-order valence-electron chi connectivity index (χ1n) is 7.81. The van der Waals surface area contributed by atoms with Crippen molar-refractivity contribution in [1.29, 1.82) is 0 Å². The van der Waals surface area contributed by atoms with Gasteiger partial charge in [-0.25, -0.2) is 0 Å². The number of thiophene rings is 1. The van der Waals surface area contributed by atoms with Crippen LogP contribution in [0, 0.1) is 10.1 Å². The Hall–Kier alpha value is -2.53. The molecule has 0 unspecified atom stereocenters. The maximum absolute atomic E-state index is 12.5. The van der Waals surface area contributed by atoms with Crippen LogP contribution in [0.15, 0.2) is 34.1 Å². The quantitative estimate of drug-likeness (QED) is 0.329. The van der Waals surface area contributed by atoms with E-state index in [9.17, 15) is 23.7 Å². The monoisotopic (exact) mass is 476 g/mol. The van der Waals surface area contributed by atoms with Crippen molar-refractivity contribution >= 4 is 44.9 Å². The van der Waals surface area contributed by atoms with Gasteiger partial charge in [-0.3, -0.25) is 14.9 Å². The number of halogens is 3. The van der Waals surface area contributed by atoms with Crippen molar-refractivity contribution < 1.29 is 28.0 Å². The lowest BCUT2D eigenvalue weighted by Crippen LogP contribution is -2.23. The summed E-state index contributed by atoms with van der Waals surface area (Å²) in [5, 5.41) is 13.9. The third-order valence-corrected chi connectivity index (χ3v) is 5.12. The van der Waals surface area contributed by atoms with Gasteiger partial charge in [0, 0.05) is 17.5 Å². The van der Waals surface area contributed by atoms with Crippen molar-refractivity contribution in [3.8, 4) is 11.5 Å². The van der Waals surface area contributed by atoms with Crippen molar-refractivity contribution in [2.24, 2.45) is 0 Å². The lowest BCUT2D eigenvalue weighted by molar-refractivity contribution is -0.385. The Labute approximate surface area is 171 Å². The highest BCUT2D eigenvalue weighted by atomic mass is 79.9. The number of nitrogens with zero attached hydrogens (tertiary/aromatic N) is 1. The molecule has 0 bridgehead atoms. The molecule has 1 aromatic carbocycles. The molecule has 0 aliphatic carbocycles. The van der Waals surface area contributed by atoms with Crippen LogP contribution in [0.25, 0.3) is 6.08 Å². The second-order valence-corrected chi connectivity index (χ2v) is 7.83. The van der Waals surface area contributed by atoms with E-state index in [1.165, 1.54) is 13.2 Å². The van der Waals surface area contributed by atoms with Crippen LogP contribution in [0.3, 0.4) is 0 Å². The van der Waals surface area contributed by atoms with E-state index in [0.717, 1.165) is 26.9 Å². The summed E-state index contributed by atoms with van der Waals surface area (Å²) in [7, 11) is 1.21. The van der Waals surface area contributed by atoms with E-state index in [0.29, 0.717) is 13.0 Å². The van der Waals surface area contributed by atoms with Crippen LogP contribution in [0.1, 0.15) is 10.4 Å². The Bertz CT molecular complexity index is 888. The topological polar surface area (TPSA) is 90.7 Å². The molecular formula is C17H15BrF2N2O5S. The Kier molecular flexibility index (Phi) is 7.88. The normalized spacial score (nSPS) is 11.0. The fourth-order valence-electron chi connectivity index (χ4n) is 2.22. The van der Waals surface area contributed by atoms with Crippen molar-refractivity contribution in [2.75, 3.05) is 13.7 Å². The van der Waals surface area contributed by atoms with E-state index >= 15 is 0 Å². The predicted octanol–water partition coefficient (Wildman–Crippen LogP) is 4.40. The third kappa shape index (κ3) is 6.27. The molecule has 1 aromatic heterocycles. The standard InChI is InChI=1S/C17H15BrF2N2O5S/c1-26-13-8-10(12(22(24)25)9-14(13)27-17(19)20)2-5-16(23)21-7-6-11-3-4-15(18)28-11/h2-5,8-9,17H,6-7H2,1H3,(H,21,23)/b5-2+. The number of hydrogen-bond acceptors (Lipinski definition) is 6. The van der Waals surface area contributed by atoms with E-state index in [2.05, 4.69) is 26.0 Å². The van der Waals surface area contributed by atoms with Crippen molar-refractivity contribution in [3.63, 3.8) is 0 Å². The van der Waals surface area contributed by atoms with Crippen LogP contribution < -0.4 is 14.8 Å². The van der Waals surface area contributed by atoms with Gasteiger partial charge < -0.3 is 14.8 Å². The molecule has 150 valence electrons. The van der Waals surface area contributed by atoms with Crippen LogP contribution in [0.5, 0.6) is 11.5 Å². The highest BCUT2D eigenvalue weighted by Gasteiger charge is 2.20. The van der Waals surface area contributed by atoms with E-state index in [1.807, 2.05) is 12.1 Å². The summed E-state index contributed by atoms with van der Waals surface area (Å²) >= 11 is 4.91. The average Bonchev–Trinajstić information content (AvgIpc) is 3.04. The molecule has 0 aliphatic rings. The number of ether oxygens (including phenoxy) is 2. The van der Waals surface area contributed by atoms with Crippen LogP contribution >= 0.6 is 27.3 Å². The molecule has 0 radical (unpaired) electrons. The molecule has 0 saturated heterocycles. The molecule has 1 N–H and O–H groups in total. The largest absolute Gasteiger partial charge is 0.493 e. The number of hydrogen-bond donors (Lipinski definition) is 1. The fraction of sp³-hybridized carbons (Fsp3) is 0.235. The molecule has 2 aromatic rings. The number of benzene rings is 1.